The fourth-order valence-electron chi connectivity index (χ4n) is 2.30. The molecule has 1 saturated heterocycles. The largest absolute Gasteiger partial charge is 0.354 e. The maximum atomic E-state index is 10.7. The molecule has 0 aliphatic carbocycles. The highest BCUT2D eigenvalue weighted by molar-refractivity contribution is 9.10. The molecule has 7 heteroatoms. The SMILES string of the molecule is CCN(CC1CCCN1)c1ncc([N+](=O)[O-])cc1Br. The van der Waals surface area contributed by atoms with Gasteiger partial charge in [-0.15, -0.1) is 0 Å². The minimum Gasteiger partial charge on any atom is -0.354 e. The van der Waals surface area contributed by atoms with Gasteiger partial charge in [0, 0.05) is 25.2 Å². The molecule has 1 N–H and O–H groups in total. The standard InChI is InChI=1S/C12H17BrN4O2/c1-2-16(8-9-4-3-5-14-9)12-11(13)6-10(7-15-12)17(18)19/h6-7,9,14H,2-5,8H2,1H3. The summed E-state index contributed by atoms with van der Waals surface area (Å²) in [6.07, 6.45) is 3.68. The number of anilines is 1. The Bertz CT molecular complexity index is 463. The van der Waals surface area contributed by atoms with E-state index >= 15 is 0 Å². The van der Waals surface area contributed by atoms with E-state index in [2.05, 4.69) is 38.1 Å². The van der Waals surface area contributed by atoms with E-state index in [1.165, 1.54) is 25.1 Å². The van der Waals surface area contributed by atoms with Crippen molar-refractivity contribution in [1.82, 2.24) is 10.3 Å². The summed E-state index contributed by atoms with van der Waals surface area (Å²) < 4.78 is 0.668. The van der Waals surface area contributed by atoms with E-state index in [1.54, 1.807) is 0 Å². The lowest BCUT2D eigenvalue weighted by Gasteiger charge is -2.26. The van der Waals surface area contributed by atoms with Crippen LogP contribution in [0.4, 0.5) is 11.5 Å². The van der Waals surface area contributed by atoms with Crippen LogP contribution in [0.15, 0.2) is 16.7 Å². The van der Waals surface area contributed by atoms with Crippen molar-refractivity contribution in [2.45, 2.75) is 25.8 Å². The second kappa shape index (κ2) is 6.29. The number of nitrogens with zero attached hydrogens (tertiary/aromatic N) is 3. The van der Waals surface area contributed by atoms with Crippen LogP contribution < -0.4 is 10.2 Å². The molecule has 1 atom stereocenters. The first-order valence-corrected chi connectivity index (χ1v) is 7.19. The van der Waals surface area contributed by atoms with Gasteiger partial charge >= 0.3 is 0 Å². The molecule has 1 unspecified atom stereocenters. The van der Waals surface area contributed by atoms with E-state index in [1.807, 2.05) is 0 Å². The molecule has 0 amide bonds. The average molecular weight is 329 g/mol. The first-order chi connectivity index (χ1) is 9.11. The van der Waals surface area contributed by atoms with Crippen LogP contribution in [0.3, 0.4) is 0 Å². The minimum atomic E-state index is -0.434. The Morgan fingerprint density at radius 1 is 1.68 bits per heavy atom. The number of pyridine rings is 1. The predicted molar refractivity (Wildman–Crippen MR) is 77.5 cm³/mol. The third kappa shape index (κ3) is 3.42. The Balaban J connectivity index is 2.15. The number of rotatable bonds is 5. The van der Waals surface area contributed by atoms with Crippen molar-refractivity contribution < 1.29 is 4.92 Å². The fraction of sp³-hybridized carbons (Fsp3) is 0.583. The fourth-order valence-corrected chi connectivity index (χ4v) is 2.88. The average Bonchev–Trinajstić information content (AvgIpc) is 2.89. The van der Waals surface area contributed by atoms with Gasteiger partial charge in [0.25, 0.3) is 5.69 Å². The zero-order valence-electron chi connectivity index (χ0n) is 10.8. The summed E-state index contributed by atoms with van der Waals surface area (Å²) in [4.78, 5) is 16.6. The molecule has 0 saturated carbocycles. The van der Waals surface area contributed by atoms with Crippen LogP contribution in [0.1, 0.15) is 19.8 Å². The smallest absolute Gasteiger partial charge is 0.288 e. The zero-order chi connectivity index (χ0) is 13.8. The number of hydrogen-bond acceptors (Lipinski definition) is 5. The van der Waals surface area contributed by atoms with Crippen LogP contribution in [0.25, 0.3) is 0 Å². The summed E-state index contributed by atoms with van der Waals surface area (Å²) in [6, 6.07) is 1.98. The molecule has 0 spiro atoms. The topological polar surface area (TPSA) is 71.3 Å². The van der Waals surface area contributed by atoms with Gasteiger partial charge in [-0.2, -0.15) is 0 Å². The van der Waals surface area contributed by atoms with Gasteiger partial charge in [0.2, 0.25) is 0 Å². The second-order valence-electron chi connectivity index (χ2n) is 4.59. The third-order valence-corrected chi connectivity index (χ3v) is 3.89. The van der Waals surface area contributed by atoms with Crippen molar-refractivity contribution >= 4 is 27.4 Å². The Kier molecular flexibility index (Phi) is 4.71. The monoisotopic (exact) mass is 328 g/mol. The van der Waals surface area contributed by atoms with Gasteiger partial charge in [-0.3, -0.25) is 10.1 Å². The number of hydrogen-bond donors (Lipinski definition) is 1. The Hall–Kier alpha value is -1.21. The van der Waals surface area contributed by atoms with E-state index in [9.17, 15) is 10.1 Å². The maximum Gasteiger partial charge on any atom is 0.288 e. The molecule has 1 aliphatic heterocycles. The number of aromatic nitrogens is 1. The van der Waals surface area contributed by atoms with Gasteiger partial charge in [-0.1, -0.05) is 0 Å². The van der Waals surface area contributed by atoms with E-state index in [-0.39, 0.29) is 5.69 Å². The molecular weight excluding hydrogens is 312 g/mol. The van der Waals surface area contributed by atoms with Crippen LogP contribution in [-0.2, 0) is 0 Å². The third-order valence-electron chi connectivity index (χ3n) is 3.30. The summed E-state index contributed by atoms with van der Waals surface area (Å²) in [5.41, 5.74) is 0.00525. The summed E-state index contributed by atoms with van der Waals surface area (Å²) >= 11 is 3.38. The summed E-state index contributed by atoms with van der Waals surface area (Å²) in [5, 5.41) is 14.2. The molecule has 1 fully saturated rings. The van der Waals surface area contributed by atoms with Crippen LogP contribution in [0.5, 0.6) is 0 Å². The van der Waals surface area contributed by atoms with Gasteiger partial charge in [-0.25, -0.2) is 4.98 Å². The number of nitrogens with one attached hydrogen (secondary N) is 1. The highest BCUT2D eigenvalue weighted by atomic mass is 79.9. The molecule has 104 valence electrons. The lowest BCUT2D eigenvalue weighted by molar-refractivity contribution is -0.385. The Morgan fingerprint density at radius 2 is 2.47 bits per heavy atom. The van der Waals surface area contributed by atoms with Gasteiger partial charge < -0.3 is 10.2 Å². The van der Waals surface area contributed by atoms with E-state index in [0.717, 1.165) is 25.5 Å². The van der Waals surface area contributed by atoms with Crippen LogP contribution in [0, 0.1) is 10.1 Å². The molecule has 0 radical (unpaired) electrons. The molecule has 1 aliphatic rings. The van der Waals surface area contributed by atoms with E-state index in [4.69, 9.17) is 0 Å². The zero-order valence-corrected chi connectivity index (χ0v) is 12.4. The lowest BCUT2D eigenvalue weighted by Crippen LogP contribution is -2.38. The summed E-state index contributed by atoms with van der Waals surface area (Å²) in [6.45, 7) is 4.82. The minimum absolute atomic E-state index is 0.00525. The molecule has 2 rings (SSSR count). The predicted octanol–water partition coefficient (Wildman–Crippen LogP) is 2.33. The Morgan fingerprint density at radius 3 is 3.00 bits per heavy atom. The first kappa shape index (κ1) is 14.2. The molecule has 2 heterocycles. The molecule has 0 bridgehead atoms. The quantitative estimate of drug-likeness (QED) is 0.663. The number of likely N-dealkylation sites (N-methyl/N-ethyl adjacent to an activating group) is 1. The molecule has 1 aromatic rings. The van der Waals surface area contributed by atoms with Crippen molar-refractivity contribution in [2.75, 3.05) is 24.5 Å². The van der Waals surface area contributed by atoms with Crippen LogP contribution in [0.2, 0.25) is 0 Å². The van der Waals surface area contributed by atoms with Crippen molar-refractivity contribution in [3.05, 3.63) is 26.9 Å². The molecular formula is C12H17BrN4O2. The van der Waals surface area contributed by atoms with Crippen LogP contribution >= 0.6 is 15.9 Å². The maximum absolute atomic E-state index is 10.7. The van der Waals surface area contributed by atoms with Crippen LogP contribution in [-0.4, -0.2) is 35.6 Å². The van der Waals surface area contributed by atoms with Crippen molar-refractivity contribution in [2.24, 2.45) is 0 Å². The normalized spacial score (nSPS) is 18.5. The Labute approximate surface area is 120 Å². The lowest BCUT2D eigenvalue weighted by atomic mass is 10.2. The number of nitro groups is 1. The van der Waals surface area contributed by atoms with Crippen molar-refractivity contribution in [1.29, 1.82) is 0 Å². The highest BCUT2D eigenvalue weighted by Gasteiger charge is 2.20. The second-order valence-corrected chi connectivity index (χ2v) is 5.44. The molecule has 6 nitrogen and oxygen atoms in total. The van der Waals surface area contributed by atoms with E-state index < -0.39 is 4.92 Å². The van der Waals surface area contributed by atoms with Gasteiger partial charge in [0.1, 0.15) is 12.0 Å². The molecule has 19 heavy (non-hydrogen) atoms. The van der Waals surface area contributed by atoms with E-state index in [0.29, 0.717) is 10.5 Å². The van der Waals surface area contributed by atoms with Gasteiger partial charge in [-0.05, 0) is 42.2 Å². The highest BCUT2D eigenvalue weighted by Crippen LogP contribution is 2.28. The first-order valence-electron chi connectivity index (χ1n) is 6.40. The summed E-state index contributed by atoms with van der Waals surface area (Å²) in [5.74, 6) is 0.766. The van der Waals surface area contributed by atoms with Crippen molar-refractivity contribution in [3.63, 3.8) is 0 Å². The van der Waals surface area contributed by atoms with Gasteiger partial charge in [0.15, 0.2) is 0 Å². The molecule has 1 aromatic heterocycles. The van der Waals surface area contributed by atoms with Gasteiger partial charge in [0.05, 0.1) is 9.40 Å². The number of halogens is 1. The molecule has 0 aromatic carbocycles. The van der Waals surface area contributed by atoms with Crippen molar-refractivity contribution in [3.8, 4) is 0 Å². The summed E-state index contributed by atoms with van der Waals surface area (Å²) in [7, 11) is 0.